The Hall–Kier alpha value is -2.89. The van der Waals surface area contributed by atoms with Crippen LogP contribution in [-0.2, 0) is 9.84 Å². The summed E-state index contributed by atoms with van der Waals surface area (Å²) in [6.45, 7) is 1.68. The lowest BCUT2D eigenvalue weighted by Gasteiger charge is -2.11. The highest BCUT2D eigenvalue weighted by molar-refractivity contribution is 7.90. The third kappa shape index (κ3) is 4.89. The molecule has 0 bridgehead atoms. The van der Waals surface area contributed by atoms with E-state index in [2.05, 4.69) is 10.3 Å². The zero-order valence-corrected chi connectivity index (χ0v) is 18.2. The maximum atomic E-state index is 14.7. The summed E-state index contributed by atoms with van der Waals surface area (Å²) in [4.78, 5) is 16.0. The number of carbonyl (C=O) groups excluding carboxylic acids is 1. The largest absolute Gasteiger partial charge is 0.388 e. The zero-order valence-electron chi connectivity index (χ0n) is 16.5. The van der Waals surface area contributed by atoms with Gasteiger partial charge in [0, 0.05) is 17.3 Å². The molecular formula is C20H19F2N3O4S2. The van der Waals surface area contributed by atoms with E-state index in [-0.39, 0.29) is 37.3 Å². The Labute approximate surface area is 181 Å². The molecule has 2 heterocycles. The highest BCUT2D eigenvalue weighted by Crippen LogP contribution is 2.39. The number of hydrogen-bond donors (Lipinski definition) is 3. The number of pyridine rings is 1. The van der Waals surface area contributed by atoms with Crippen molar-refractivity contribution in [3.8, 4) is 10.4 Å². The summed E-state index contributed by atoms with van der Waals surface area (Å²) in [6.07, 6.45) is 1.48. The molecule has 1 unspecified atom stereocenters. The Morgan fingerprint density at radius 1 is 1.26 bits per heavy atom. The summed E-state index contributed by atoms with van der Waals surface area (Å²) in [7, 11) is -3.43. The van der Waals surface area contributed by atoms with Crippen molar-refractivity contribution < 1.29 is 27.1 Å². The van der Waals surface area contributed by atoms with Crippen molar-refractivity contribution >= 4 is 37.9 Å². The average molecular weight is 468 g/mol. The number of nitrogens with zero attached hydrogens (tertiary/aromatic N) is 1. The molecule has 7 nitrogen and oxygen atoms in total. The second kappa shape index (κ2) is 8.69. The fourth-order valence-corrected chi connectivity index (χ4v) is 4.51. The fourth-order valence-electron chi connectivity index (χ4n) is 2.84. The van der Waals surface area contributed by atoms with Crippen molar-refractivity contribution in [3.05, 3.63) is 59.3 Å². The fraction of sp³-hybridized carbons (Fsp3) is 0.200. The number of rotatable bonds is 7. The number of sulfone groups is 1. The van der Waals surface area contributed by atoms with Gasteiger partial charge < -0.3 is 16.2 Å². The van der Waals surface area contributed by atoms with Gasteiger partial charge in [-0.1, -0.05) is 6.92 Å². The van der Waals surface area contributed by atoms with Crippen LogP contribution in [0.2, 0.25) is 0 Å². The number of halogens is 2. The highest BCUT2D eigenvalue weighted by atomic mass is 32.2. The average Bonchev–Trinajstić information content (AvgIpc) is 3.10. The molecule has 0 aliphatic rings. The molecular weight excluding hydrogens is 448 g/mol. The molecule has 0 aliphatic carbocycles. The molecule has 0 aliphatic heterocycles. The normalized spacial score (nSPS) is 12.5. The van der Waals surface area contributed by atoms with Crippen molar-refractivity contribution in [2.45, 2.75) is 24.3 Å². The number of thiophene rings is 1. The third-order valence-electron chi connectivity index (χ3n) is 4.49. The van der Waals surface area contributed by atoms with E-state index in [1.807, 2.05) is 0 Å². The number of primary amides is 1. The van der Waals surface area contributed by atoms with Crippen molar-refractivity contribution in [1.29, 1.82) is 0 Å². The summed E-state index contributed by atoms with van der Waals surface area (Å²) in [6, 6.07) is 6.09. The smallest absolute Gasteiger partial charge is 0.251 e. The van der Waals surface area contributed by atoms with Crippen LogP contribution in [0.3, 0.4) is 0 Å². The minimum Gasteiger partial charge on any atom is -0.388 e. The summed E-state index contributed by atoms with van der Waals surface area (Å²) in [5.74, 6) is -2.38. The standard InChI is InChI=1S/C20H19F2N3O4S2/c1-3-15(26)10-6-13(21)18(14(22)7-10)16-8-12(19(23)27)20(30-16)25-17-5-4-11(9-24-17)31(2,28)29/h4-9,15,26H,3H2,1-2H3,(H2,23,27)(H,24,25). The highest BCUT2D eigenvalue weighted by Gasteiger charge is 2.22. The molecule has 3 aromatic rings. The molecule has 0 radical (unpaired) electrons. The number of benzene rings is 1. The van der Waals surface area contributed by atoms with Gasteiger partial charge in [-0.15, -0.1) is 11.3 Å². The van der Waals surface area contributed by atoms with Crippen LogP contribution < -0.4 is 11.1 Å². The number of amides is 1. The van der Waals surface area contributed by atoms with E-state index in [1.54, 1.807) is 6.92 Å². The first kappa shape index (κ1) is 22.8. The van der Waals surface area contributed by atoms with Crippen molar-refractivity contribution in [1.82, 2.24) is 4.98 Å². The molecule has 2 aromatic heterocycles. The predicted octanol–water partition coefficient (Wildman–Crippen LogP) is 3.78. The van der Waals surface area contributed by atoms with Gasteiger partial charge in [0.15, 0.2) is 9.84 Å². The first-order chi connectivity index (χ1) is 14.5. The molecule has 164 valence electrons. The topological polar surface area (TPSA) is 122 Å². The number of aliphatic hydroxyl groups is 1. The molecule has 1 amide bonds. The Balaban J connectivity index is 2.01. The first-order valence-corrected chi connectivity index (χ1v) is 11.8. The van der Waals surface area contributed by atoms with Gasteiger partial charge in [0.25, 0.3) is 5.91 Å². The van der Waals surface area contributed by atoms with Gasteiger partial charge in [0.2, 0.25) is 0 Å². The SMILES string of the molecule is CCC(O)c1cc(F)c(-c2cc(C(N)=O)c(Nc3ccc(S(C)(=O)=O)cn3)s2)c(F)c1. The lowest BCUT2D eigenvalue weighted by Crippen LogP contribution is -2.11. The summed E-state index contributed by atoms with van der Waals surface area (Å²) >= 11 is 0.881. The Morgan fingerprint density at radius 3 is 2.39 bits per heavy atom. The van der Waals surface area contributed by atoms with E-state index >= 15 is 0 Å². The Kier molecular flexibility index (Phi) is 6.39. The van der Waals surface area contributed by atoms with Gasteiger partial charge in [-0.3, -0.25) is 4.79 Å². The number of anilines is 2. The number of aliphatic hydroxyl groups excluding tert-OH is 1. The minimum atomic E-state index is -3.43. The molecule has 4 N–H and O–H groups in total. The van der Waals surface area contributed by atoms with E-state index in [0.29, 0.717) is 6.42 Å². The monoisotopic (exact) mass is 467 g/mol. The van der Waals surface area contributed by atoms with Gasteiger partial charge in [-0.25, -0.2) is 22.2 Å². The zero-order chi connectivity index (χ0) is 22.9. The molecule has 0 fully saturated rings. The van der Waals surface area contributed by atoms with Crippen LogP contribution in [0.15, 0.2) is 41.4 Å². The third-order valence-corrected chi connectivity index (χ3v) is 6.65. The van der Waals surface area contributed by atoms with Crippen molar-refractivity contribution in [2.75, 3.05) is 11.6 Å². The van der Waals surface area contributed by atoms with Crippen molar-refractivity contribution in [2.24, 2.45) is 5.73 Å². The second-order valence-electron chi connectivity index (χ2n) is 6.78. The number of carbonyl (C=O) groups is 1. The summed E-state index contributed by atoms with van der Waals surface area (Å²) in [5.41, 5.74) is 5.16. The predicted molar refractivity (Wildman–Crippen MR) is 114 cm³/mol. The van der Waals surface area contributed by atoms with Gasteiger partial charge in [0.05, 0.1) is 22.1 Å². The molecule has 1 aromatic carbocycles. The summed E-state index contributed by atoms with van der Waals surface area (Å²) < 4.78 is 52.4. The van der Waals surface area contributed by atoms with E-state index in [9.17, 15) is 27.1 Å². The van der Waals surface area contributed by atoms with Crippen LogP contribution in [0, 0.1) is 11.6 Å². The van der Waals surface area contributed by atoms with E-state index in [0.717, 1.165) is 35.9 Å². The Morgan fingerprint density at radius 2 is 1.90 bits per heavy atom. The maximum absolute atomic E-state index is 14.7. The maximum Gasteiger partial charge on any atom is 0.251 e. The molecule has 0 saturated carbocycles. The molecule has 0 spiro atoms. The molecule has 31 heavy (non-hydrogen) atoms. The van der Waals surface area contributed by atoms with Crippen LogP contribution in [-0.4, -0.2) is 30.7 Å². The second-order valence-corrected chi connectivity index (χ2v) is 9.85. The molecule has 1 atom stereocenters. The van der Waals surface area contributed by atoms with Crippen LogP contribution in [0.5, 0.6) is 0 Å². The molecule has 11 heteroatoms. The number of nitrogens with two attached hydrogens (primary N) is 1. The van der Waals surface area contributed by atoms with Crippen LogP contribution >= 0.6 is 11.3 Å². The van der Waals surface area contributed by atoms with E-state index in [4.69, 9.17) is 5.73 Å². The van der Waals surface area contributed by atoms with E-state index in [1.165, 1.54) is 18.2 Å². The minimum absolute atomic E-state index is 0.00883. The van der Waals surface area contributed by atoms with Crippen LogP contribution in [0.4, 0.5) is 19.6 Å². The quantitative estimate of drug-likeness (QED) is 0.486. The van der Waals surface area contributed by atoms with Gasteiger partial charge in [0.1, 0.15) is 22.5 Å². The van der Waals surface area contributed by atoms with Gasteiger partial charge in [-0.2, -0.15) is 0 Å². The number of aromatic nitrogens is 1. The Bertz CT molecular complexity index is 1220. The first-order valence-electron chi connectivity index (χ1n) is 9.05. The van der Waals surface area contributed by atoms with Crippen molar-refractivity contribution in [3.63, 3.8) is 0 Å². The van der Waals surface area contributed by atoms with Crippen LogP contribution in [0.25, 0.3) is 10.4 Å². The van der Waals surface area contributed by atoms with Gasteiger partial charge >= 0.3 is 0 Å². The number of nitrogens with one attached hydrogen (secondary N) is 1. The molecule has 0 saturated heterocycles. The number of hydrogen-bond acceptors (Lipinski definition) is 7. The van der Waals surface area contributed by atoms with E-state index < -0.39 is 33.5 Å². The lowest BCUT2D eigenvalue weighted by atomic mass is 10.0. The van der Waals surface area contributed by atoms with Gasteiger partial charge in [-0.05, 0) is 42.3 Å². The molecule has 3 rings (SSSR count). The lowest BCUT2D eigenvalue weighted by molar-refractivity contribution is 0.100. The van der Waals surface area contributed by atoms with Crippen LogP contribution in [0.1, 0.15) is 35.4 Å². The summed E-state index contributed by atoms with van der Waals surface area (Å²) in [5, 5.41) is 12.9.